The van der Waals surface area contributed by atoms with Gasteiger partial charge in [-0.05, 0) is 37.1 Å². The molecule has 17 heavy (non-hydrogen) atoms. The number of ether oxygens (including phenoxy) is 1. The molecule has 0 aliphatic rings. The van der Waals surface area contributed by atoms with Gasteiger partial charge in [-0.25, -0.2) is 0 Å². The molecule has 1 rings (SSSR count). The van der Waals surface area contributed by atoms with Gasteiger partial charge < -0.3 is 10.1 Å². The number of halogens is 1. The molecule has 96 valence electrons. The van der Waals surface area contributed by atoms with E-state index in [1.807, 2.05) is 19.2 Å². The van der Waals surface area contributed by atoms with Crippen LogP contribution >= 0.6 is 15.9 Å². The topological polar surface area (TPSA) is 21.3 Å². The zero-order valence-electron chi connectivity index (χ0n) is 10.9. The Kier molecular flexibility index (Phi) is 6.78. The third-order valence-electron chi connectivity index (χ3n) is 2.62. The minimum atomic E-state index is 0.135. The first kappa shape index (κ1) is 14.7. The van der Waals surface area contributed by atoms with Crippen molar-refractivity contribution in [1.29, 1.82) is 0 Å². The molecule has 3 heteroatoms. The second-order valence-electron chi connectivity index (χ2n) is 4.65. The van der Waals surface area contributed by atoms with Crippen molar-refractivity contribution < 1.29 is 4.74 Å². The van der Waals surface area contributed by atoms with Crippen LogP contribution in [0.25, 0.3) is 0 Å². The van der Waals surface area contributed by atoms with Crippen LogP contribution in [0.3, 0.4) is 0 Å². The van der Waals surface area contributed by atoms with E-state index in [2.05, 4.69) is 47.2 Å². The van der Waals surface area contributed by atoms with E-state index >= 15 is 0 Å². The van der Waals surface area contributed by atoms with Gasteiger partial charge >= 0.3 is 0 Å². The molecule has 0 amide bonds. The van der Waals surface area contributed by atoms with Crippen molar-refractivity contribution in [3.05, 3.63) is 34.3 Å². The smallest absolute Gasteiger partial charge is 0.0949 e. The first-order valence-electron chi connectivity index (χ1n) is 6.15. The lowest BCUT2D eigenvalue weighted by atomic mass is 10.1. The zero-order chi connectivity index (χ0) is 12.7. The van der Waals surface area contributed by atoms with Gasteiger partial charge in [0.1, 0.15) is 0 Å². The van der Waals surface area contributed by atoms with Crippen molar-refractivity contribution in [3.63, 3.8) is 0 Å². The second kappa shape index (κ2) is 7.85. The van der Waals surface area contributed by atoms with Crippen LogP contribution in [0.15, 0.2) is 28.7 Å². The fourth-order valence-electron chi connectivity index (χ4n) is 1.61. The van der Waals surface area contributed by atoms with E-state index < -0.39 is 0 Å². The third-order valence-corrected chi connectivity index (χ3v) is 3.12. The normalized spacial score (nSPS) is 13.0. The Hall–Kier alpha value is -0.380. The maximum Gasteiger partial charge on any atom is 0.0949 e. The highest BCUT2D eigenvalue weighted by molar-refractivity contribution is 9.10. The first-order valence-corrected chi connectivity index (χ1v) is 6.94. The minimum absolute atomic E-state index is 0.135. The average Bonchev–Trinajstić information content (AvgIpc) is 2.27. The lowest BCUT2D eigenvalue weighted by Crippen LogP contribution is -2.20. The fraction of sp³-hybridized carbons (Fsp3) is 0.571. The highest BCUT2D eigenvalue weighted by Gasteiger charge is 2.11. The summed E-state index contributed by atoms with van der Waals surface area (Å²) in [6, 6.07) is 8.32. The number of nitrogens with one attached hydrogen (secondary N) is 1. The lowest BCUT2D eigenvalue weighted by molar-refractivity contribution is 0.0470. The summed E-state index contributed by atoms with van der Waals surface area (Å²) in [5.41, 5.74) is 1.22. The van der Waals surface area contributed by atoms with Gasteiger partial charge in [-0.2, -0.15) is 0 Å². The van der Waals surface area contributed by atoms with Crippen LogP contribution in [0, 0.1) is 5.92 Å². The predicted molar refractivity (Wildman–Crippen MR) is 76.2 cm³/mol. The van der Waals surface area contributed by atoms with Gasteiger partial charge in [0.05, 0.1) is 6.10 Å². The van der Waals surface area contributed by atoms with Crippen LogP contribution in [0.2, 0.25) is 0 Å². The molecule has 2 nitrogen and oxygen atoms in total. The number of hydrogen-bond acceptors (Lipinski definition) is 2. The Morgan fingerprint density at radius 2 is 2.12 bits per heavy atom. The SMILES string of the molecule is CNCC(OCCC(C)C)c1cccc(Br)c1. The molecule has 0 aliphatic carbocycles. The molecule has 1 aromatic rings. The molecule has 0 radical (unpaired) electrons. The zero-order valence-corrected chi connectivity index (χ0v) is 12.5. The quantitative estimate of drug-likeness (QED) is 0.827. The van der Waals surface area contributed by atoms with Crippen molar-refractivity contribution in [3.8, 4) is 0 Å². The molecule has 1 aromatic carbocycles. The molecule has 1 atom stereocenters. The van der Waals surface area contributed by atoms with Gasteiger partial charge in [0.15, 0.2) is 0 Å². The van der Waals surface area contributed by atoms with Crippen molar-refractivity contribution >= 4 is 15.9 Å². The molecule has 0 aliphatic heterocycles. The maximum atomic E-state index is 5.95. The van der Waals surface area contributed by atoms with E-state index in [4.69, 9.17) is 4.74 Å². The molecule has 0 fully saturated rings. The predicted octanol–water partition coefficient (Wildman–Crippen LogP) is 3.77. The Morgan fingerprint density at radius 3 is 2.71 bits per heavy atom. The third kappa shape index (κ3) is 5.66. The number of hydrogen-bond donors (Lipinski definition) is 1. The van der Waals surface area contributed by atoms with Crippen LogP contribution in [0.4, 0.5) is 0 Å². The number of likely N-dealkylation sites (N-methyl/N-ethyl adjacent to an activating group) is 1. The van der Waals surface area contributed by atoms with E-state index in [0.29, 0.717) is 5.92 Å². The molecule has 0 aromatic heterocycles. The Bertz CT molecular complexity index is 328. The highest BCUT2D eigenvalue weighted by atomic mass is 79.9. The van der Waals surface area contributed by atoms with Crippen molar-refractivity contribution in [2.45, 2.75) is 26.4 Å². The van der Waals surface area contributed by atoms with E-state index in [1.165, 1.54) is 5.56 Å². The van der Waals surface area contributed by atoms with Crippen molar-refractivity contribution in [2.24, 2.45) is 5.92 Å². The van der Waals surface area contributed by atoms with E-state index in [-0.39, 0.29) is 6.10 Å². The van der Waals surface area contributed by atoms with E-state index in [0.717, 1.165) is 24.0 Å². The molecule has 1 N–H and O–H groups in total. The molecule has 0 saturated carbocycles. The van der Waals surface area contributed by atoms with Crippen LogP contribution in [-0.4, -0.2) is 20.2 Å². The maximum absolute atomic E-state index is 5.95. The number of rotatable bonds is 7. The summed E-state index contributed by atoms with van der Waals surface area (Å²) in [4.78, 5) is 0. The summed E-state index contributed by atoms with van der Waals surface area (Å²) < 4.78 is 7.05. The summed E-state index contributed by atoms with van der Waals surface area (Å²) in [6.07, 6.45) is 1.24. The molecule has 0 bridgehead atoms. The Balaban J connectivity index is 2.58. The molecule has 0 spiro atoms. The van der Waals surface area contributed by atoms with Crippen LogP contribution in [0.5, 0.6) is 0 Å². The largest absolute Gasteiger partial charge is 0.372 e. The summed E-state index contributed by atoms with van der Waals surface area (Å²) in [5.74, 6) is 0.688. The van der Waals surface area contributed by atoms with Gasteiger partial charge in [-0.15, -0.1) is 0 Å². The van der Waals surface area contributed by atoms with Crippen molar-refractivity contribution in [2.75, 3.05) is 20.2 Å². The summed E-state index contributed by atoms with van der Waals surface area (Å²) in [6.45, 7) is 6.09. The van der Waals surface area contributed by atoms with Gasteiger partial charge in [-0.3, -0.25) is 0 Å². The van der Waals surface area contributed by atoms with Gasteiger partial charge in [0.2, 0.25) is 0 Å². The molecular weight excluding hydrogens is 278 g/mol. The Morgan fingerprint density at radius 1 is 1.35 bits per heavy atom. The minimum Gasteiger partial charge on any atom is -0.372 e. The Labute approximate surface area is 113 Å². The molecule has 0 saturated heterocycles. The average molecular weight is 300 g/mol. The van der Waals surface area contributed by atoms with E-state index in [1.54, 1.807) is 0 Å². The second-order valence-corrected chi connectivity index (χ2v) is 5.57. The summed E-state index contributed by atoms with van der Waals surface area (Å²) in [5, 5.41) is 3.18. The van der Waals surface area contributed by atoms with Crippen LogP contribution in [0.1, 0.15) is 31.9 Å². The lowest BCUT2D eigenvalue weighted by Gasteiger charge is -2.19. The highest BCUT2D eigenvalue weighted by Crippen LogP contribution is 2.21. The molecular formula is C14H22BrNO. The fourth-order valence-corrected chi connectivity index (χ4v) is 2.03. The van der Waals surface area contributed by atoms with Crippen LogP contribution in [-0.2, 0) is 4.74 Å². The molecule has 1 unspecified atom stereocenters. The standard InChI is InChI=1S/C14H22BrNO/c1-11(2)7-8-17-14(10-16-3)12-5-4-6-13(15)9-12/h4-6,9,11,14,16H,7-8,10H2,1-3H3. The molecule has 0 heterocycles. The van der Waals surface area contributed by atoms with Crippen molar-refractivity contribution in [1.82, 2.24) is 5.32 Å². The number of benzene rings is 1. The first-order chi connectivity index (χ1) is 8.13. The summed E-state index contributed by atoms with van der Waals surface area (Å²) in [7, 11) is 1.96. The monoisotopic (exact) mass is 299 g/mol. The van der Waals surface area contributed by atoms with Crippen LogP contribution < -0.4 is 5.32 Å². The van der Waals surface area contributed by atoms with Gasteiger partial charge in [0, 0.05) is 17.6 Å². The van der Waals surface area contributed by atoms with E-state index in [9.17, 15) is 0 Å². The van der Waals surface area contributed by atoms with Gasteiger partial charge in [-0.1, -0.05) is 41.9 Å². The van der Waals surface area contributed by atoms with Gasteiger partial charge in [0.25, 0.3) is 0 Å². The summed E-state index contributed by atoms with van der Waals surface area (Å²) >= 11 is 3.50.